The fourth-order valence-electron chi connectivity index (χ4n) is 2.32. The van der Waals surface area contributed by atoms with Crippen LogP contribution in [0.2, 0.25) is 0 Å². The second-order valence-electron chi connectivity index (χ2n) is 4.27. The molecule has 2 N–H and O–H groups in total. The molecule has 0 atom stereocenters. The first-order valence-corrected chi connectivity index (χ1v) is 6.49. The summed E-state index contributed by atoms with van der Waals surface area (Å²) in [5.74, 6) is 0.662. The van der Waals surface area contributed by atoms with E-state index in [1.54, 1.807) is 0 Å². The Morgan fingerprint density at radius 1 is 1.40 bits per heavy atom. The number of rotatable bonds is 3. The third-order valence-electron chi connectivity index (χ3n) is 3.15. The second kappa shape index (κ2) is 5.12. The highest BCUT2D eigenvalue weighted by Crippen LogP contribution is 2.36. The lowest BCUT2D eigenvalue weighted by Crippen LogP contribution is -2.07. The molecule has 1 aromatic heterocycles. The number of H-pyrrole nitrogens is 1. The molecule has 0 radical (unpaired) electrons. The number of aromatic amines is 1. The van der Waals surface area contributed by atoms with Crippen LogP contribution in [0.4, 0.5) is 0 Å². The van der Waals surface area contributed by atoms with E-state index < -0.39 is 0 Å². The number of hydrogen-bond donors (Lipinski definition) is 2. The van der Waals surface area contributed by atoms with Crippen LogP contribution in [0.3, 0.4) is 0 Å². The van der Waals surface area contributed by atoms with Gasteiger partial charge in [-0.3, -0.25) is 5.10 Å². The van der Waals surface area contributed by atoms with Crippen LogP contribution in [0.1, 0.15) is 49.4 Å². The molecular formula is C11H18BrN3. The molecule has 1 aromatic rings. The van der Waals surface area contributed by atoms with E-state index in [0.717, 1.165) is 12.2 Å². The molecule has 3 nitrogen and oxygen atoms in total. The SMILES string of the molecule is CNCc1[nH]nc(C2CCCCC2)c1Br. The number of aromatic nitrogens is 2. The number of nitrogens with zero attached hydrogens (tertiary/aromatic N) is 1. The van der Waals surface area contributed by atoms with Crippen LogP contribution >= 0.6 is 15.9 Å². The first-order valence-electron chi connectivity index (χ1n) is 5.70. The highest BCUT2D eigenvalue weighted by molar-refractivity contribution is 9.10. The molecule has 0 saturated heterocycles. The summed E-state index contributed by atoms with van der Waals surface area (Å²) in [7, 11) is 1.95. The van der Waals surface area contributed by atoms with Crippen LogP contribution in [0.15, 0.2) is 4.47 Å². The Kier molecular flexibility index (Phi) is 3.81. The largest absolute Gasteiger partial charge is 0.314 e. The highest BCUT2D eigenvalue weighted by Gasteiger charge is 2.21. The highest BCUT2D eigenvalue weighted by atomic mass is 79.9. The smallest absolute Gasteiger partial charge is 0.0798 e. The molecule has 0 aromatic carbocycles. The molecule has 0 aliphatic heterocycles. The van der Waals surface area contributed by atoms with Gasteiger partial charge in [0.2, 0.25) is 0 Å². The molecule has 84 valence electrons. The summed E-state index contributed by atoms with van der Waals surface area (Å²) in [5.41, 5.74) is 2.40. The Balaban J connectivity index is 2.13. The van der Waals surface area contributed by atoms with E-state index in [2.05, 4.69) is 31.4 Å². The number of hydrogen-bond acceptors (Lipinski definition) is 2. The Labute approximate surface area is 99.2 Å². The van der Waals surface area contributed by atoms with Gasteiger partial charge in [0.25, 0.3) is 0 Å². The molecule has 0 bridgehead atoms. The maximum Gasteiger partial charge on any atom is 0.0798 e. The monoisotopic (exact) mass is 271 g/mol. The van der Waals surface area contributed by atoms with E-state index in [9.17, 15) is 0 Å². The van der Waals surface area contributed by atoms with E-state index in [-0.39, 0.29) is 0 Å². The fourth-order valence-corrected chi connectivity index (χ4v) is 2.96. The van der Waals surface area contributed by atoms with Gasteiger partial charge in [-0.05, 0) is 35.8 Å². The van der Waals surface area contributed by atoms with Crippen molar-refractivity contribution in [1.82, 2.24) is 15.5 Å². The summed E-state index contributed by atoms with van der Waals surface area (Å²) in [5, 5.41) is 10.7. The normalized spacial score (nSPS) is 18.3. The van der Waals surface area contributed by atoms with Crippen LogP contribution in [0.25, 0.3) is 0 Å². The third-order valence-corrected chi connectivity index (χ3v) is 4.03. The van der Waals surface area contributed by atoms with E-state index in [4.69, 9.17) is 0 Å². The molecule has 0 amide bonds. The van der Waals surface area contributed by atoms with Crippen molar-refractivity contribution in [2.75, 3.05) is 7.05 Å². The summed E-state index contributed by atoms with van der Waals surface area (Å²) in [4.78, 5) is 0. The van der Waals surface area contributed by atoms with Crippen molar-refractivity contribution < 1.29 is 0 Å². The Bertz CT molecular complexity index is 316. The molecule has 1 aliphatic rings. The second-order valence-corrected chi connectivity index (χ2v) is 5.06. The summed E-state index contributed by atoms with van der Waals surface area (Å²) < 4.78 is 1.18. The number of nitrogens with one attached hydrogen (secondary N) is 2. The van der Waals surface area contributed by atoms with Crippen LogP contribution in [-0.2, 0) is 6.54 Å². The van der Waals surface area contributed by atoms with Crippen LogP contribution in [-0.4, -0.2) is 17.2 Å². The summed E-state index contributed by atoms with van der Waals surface area (Å²) >= 11 is 3.65. The van der Waals surface area contributed by atoms with Gasteiger partial charge >= 0.3 is 0 Å². The Morgan fingerprint density at radius 2 is 2.13 bits per heavy atom. The van der Waals surface area contributed by atoms with Crippen LogP contribution < -0.4 is 5.32 Å². The van der Waals surface area contributed by atoms with Crippen molar-refractivity contribution >= 4 is 15.9 Å². The predicted molar refractivity (Wildman–Crippen MR) is 64.9 cm³/mol. The van der Waals surface area contributed by atoms with Gasteiger partial charge in [-0.1, -0.05) is 19.3 Å². The fraction of sp³-hybridized carbons (Fsp3) is 0.727. The quantitative estimate of drug-likeness (QED) is 0.888. The lowest BCUT2D eigenvalue weighted by Gasteiger charge is -2.19. The van der Waals surface area contributed by atoms with Crippen molar-refractivity contribution in [2.24, 2.45) is 0 Å². The molecule has 2 rings (SSSR count). The van der Waals surface area contributed by atoms with E-state index in [1.807, 2.05) is 7.05 Å². The third kappa shape index (κ3) is 2.42. The molecular weight excluding hydrogens is 254 g/mol. The maximum absolute atomic E-state index is 4.45. The average Bonchev–Trinajstić information content (AvgIpc) is 2.63. The van der Waals surface area contributed by atoms with Gasteiger partial charge in [0.15, 0.2) is 0 Å². The maximum atomic E-state index is 4.45. The standard InChI is InChI=1S/C11H18BrN3/c1-13-7-9-10(12)11(15-14-9)8-5-3-2-4-6-8/h8,13H,2-7H2,1H3,(H,14,15). The van der Waals surface area contributed by atoms with E-state index in [1.165, 1.54) is 42.3 Å². The van der Waals surface area contributed by atoms with Gasteiger partial charge in [0, 0.05) is 12.5 Å². The summed E-state index contributed by atoms with van der Waals surface area (Å²) in [6, 6.07) is 0. The zero-order chi connectivity index (χ0) is 10.7. The van der Waals surface area contributed by atoms with Gasteiger partial charge in [0.1, 0.15) is 0 Å². The first-order chi connectivity index (χ1) is 7.33. The van der Waals surface area contributed by atoms with Crippen LogP contribution in [0, 0.1) is 0 Å². The van der Waals surface area contributed by atoms with Crippen molar-refractivity contribution in [3.63, 3.8) is 0 Å². The molecule has 4 heteroatoms. The molecule has 1 aliphatic carbocycles. The summed E-state index contributed by atoms with van der Waals surface area (Å²) in [6.45, 7) is 0.848. The van der Waals surface area contributed by atoms with Crippen molar-refractivity contribution in [3.8, 4) is 0 Å². The number of halogens is 1. The lowest BCUT2D eigenvalue weighted by molar-refractivity contribution is 0.435. The van der Waals surface area contributed by atoms with Gasteiger partial charge in [-0.2, -0.15) is 5.10 Å². The minimum absolute atomic E-state index is 0.662. The van der Waals surface area contributed by atoms with Crippen molar-refractivity contribution in [3.05, 3.63) is 15.9 Å². The van der Waals surface area contributed by atoms with Crippen molar-refractivity contribution in [1.29, 1.82) is 0 Å². The van der Waals surface area contributed by atoms with E-state index in [0.29, 0.717) is 5.92 Å². The van der Waals surface area contributed by atoms with Crippen molar-refractivity contribution in [2.45, 2.75) is 44.6 Å². The van der Waals surface area contributed by atoms with E-state index >= 15 is 0 Å². The van der Waals surface area contributed by atoms with Gasteiger partial charge in [-0.25, -0.2) is 0 Å². The first kappa shape index (κ1) is 11.1. The Morgan fingerprint density at radius 3 is 2.80 bits per heavy atom. The molecule has 1 saturated carbocycles. The van der Waals surface area contributed by atoms with Crippen LogP contribution in [0.5, 0.6) is 0 Å². The molecule has 0 spiro atoms. The zero-order valence-corrected chi connectivity index (χ0v) is 10.7. The van der Waals surface area contributed by atoms with Gasteiger partial charge in [0.05, 0.1) is 15.9 Å². The predicted octanol–water partition coefficient (Wildman–Crippen LogP) is 2.94. The molecule has 15 heavy (non-hydrogen) atoms. The van der Waals surface area contributed by atoms with Gasteiger partial charge < -0.3 is 5.32 Å². The molecule has 1 fully saturated rings. The molecule has 1 heterocycles. The molecule has 0 unspecified atom stereocenters. The zero-order valence-electron chi connectivity index (χ0n) is 9.15. The summed E-state index contributed by atoms with van der Waals surface area (Å²) in [6.07, 6.45) is 6.68. The topological polar surface area (TPSA) is 40.7 Å². The minimum Gasteiger partial charge on any atom is -0.314 e. The Hall–Kier alpha value is -0.350. The lowest BCUT2D eigenvalue weighted by atomic mass is 9.87. The minimum atomic E-state index is 0.662. The average molecular weight is 272 g/mol. The van der Waals surface area contributed by atoms with Gasteiger partial charge in [-0.15, -0.1) is 0 Å².